The van der Waals surface area contributed by atoms with Gasteiger partial charge in [-0.15, -0.1) is 0 Å². The molecule has 0 bridgehead atoms. The number of rotatable bonds is 5. The third-order valence-corrected chi connectivity index (χ3v) is 9.13. The summed E-state index contributed by atoms with van der Waals surface area (Å²) in [4.78, 5) is 11.6. The minimum absolute atomic E-state index is 0.0109. The molecule has 2 saturated heterocycles. The fourth-order valence-corrected chi connectivity index (χ4v) is 7.06. The molecule has 2 fully saturated rings. The Morgan fingerprint density at radius 2 is 1.85 bits per heavy atom. The third-order valence-electron chi connectivity index (χ3n) is 6.76. The molecule has 2 heterocycles. The molecule has 6 nitrogen and oxygen atoms in total. The normalized spacial score (nSPS) is 27.8. The minimum atomic E-state index is -3.80. The van der Waals surface area contributed by atoms with E-state index in [1.807, 2.05) is 6.07 Å². The second kappa shape index (κ2) is 9.48. The van der Waals surface area contributed by atoms with Gasteiger partial charge in [0.1, 0.15) is 16.9 Å². The van der Waals surface area contributed by atoms with Crippen LogP contribution in [0.4, 0.5) is 8.78 Å². The van der Waals surface area contributed by atoms with Crippen LogP contribution in [0, 0.1) is 17.6 Å². The predicted molar refractivity (Wildman–Crippen MR) is 118 cm³/mol. The van der Waals surface area contributed by atoms with Crippen LogP contribution in [0.5, 0.6) is 0 Å². The molecule has 4 atom stereocenters. The maximum atomic E-state index is 15.1. The quantitative estimate of drug-likeness (QED) is 0.694. The molecule has 9 heteroatoms. The van der Waals surface area contributed by atoms with Crippen molar-refractivity contribution in [3.8, 4) is 0 Å². The molecule has 2 aromatic carbocycles. The average molecular weight is 480 g/mol. The van der Waals surface area contributed by atoms with Crippen LogP contribution in [0.15, 0.2) is 42.5 Å². The van der Waals surface area contributed by atoms with Gasteiger partial charge in [0.05, 0.1) is 12.5 Å². The van der Waals surface area contributed by atoms with E-state index in [9.17, 15) is 18.3 Å². The summed E-state index contributed by atoms with van der Waals surface area (Å²) in [5.41, 5.74) is 0.539. The average Bonchev–Trinajstić information content (AvgIpc) is 2.79. The smallest absolute Gasteiger partial charge is 0.307 e. The molecule has 0 aromatic heterocycles. The van der Waals surface area contributed by atoms with Crippen LogP contribution in [0.25, 0.3) is 0 Å². The zero-order valence-corrected chi connectivity index (χ0v) is 19.1. The highest BCUT2D eigenvalue weighted by atomic mass is 32.2. The Kier molecular flexibility index (Phi) is 6.83. The molecule has 2 aliphatic heterocycles. The molecule has 0 radical (unpaired) electrons. The summed E-state index contributed by atoms with van der Waals surface area (Å²) in [5, 5.41) is 8.72. The summed E-state index contributed by atoms with van der Waals surface area (Å²) in [7, 11) is -3.80. The summed E-state index contributed by atoms with van der Waals surface area (Å²) in [5.74, 6) is -4.26. The number of halogens is 2. The van der Waals surface area contributed by atoms with E-state index in [1.54, 1.807) is 31.2 Å². The van der Waals surface area contributed by atoms with Gasteiger partial charge in [0, 0.05) is 30.7 Å². The van der Waals surface area contributed by atoms with Gasteiger partial charge in [0.15, 0.2) is 0 Å². The lowest BCUT2D eigenvalue weighted by Gasteiger charge is -2.37. The number of hydrogen-bond acceptors (Lipinski definition) is 4. The van der Waals surface area contributed by atoms with E-state index in [0.29, 0.717) is 18.4 Å². The molecule has 0 saturated carbocycles. The van der Waals surface area contributed by atoms with Crippen molar-refractivity contribution in [1.29, 1.82) is 0 Å². The van der Waals surface area contributed by atoms with E-state index in [0.717, 1.165) is 12.1 Å². The lowest BCUT2D eigenvalue weighted by molar-refractivity contribution is -0.146. The number of sulfonamides is 1. The highest BCUT2D eigenvalue weighted by molar-refractivity contribution is 7.89. The number of ether oxygens (including phenoxy) is 1. The Morgan fingerprint density at radius 1 is 1.12 bits per heavy atom. The van der Waals surface area contributed by atoms with Crippen molar-refractivity contribution in [3.05, 3.63) is 70.8 Å². The molecule has 0 unspecified atom stereocenters. The first kappa shape index (κ1) is 23.8. The number of benzene rings is 2. The summed E-state index contributed by atoms with van der Waals surface area (Å²) >= 11 is 0. The van der Waals surface area contributed by atoms with Crippen molar-refractivity contribution in [1.82, 2.24) is 4.31 Å². The van der Waals surface area contributed by atoms with E-state index >= 15 is 8.78 Å². The molecular formula is C24H27F2NO5S. The number of carboxylic acid groups (broad SMARTS) is 1. The Hall–Kier alpha value is -2.36. The number of carbonyl (C=O) groups is 1. The summed E-state index contributed by atoms with van der Waals surface area (Å²) < 4.78 is 63.5. The Bertz CT molecular complexity index is 1130. The van der Waals surface area contributed by atoms with Crippen LogP contribution in [0.3, 0.4) is 0 Å². The fourth-order valence-electron chi connectivity index (χ4n) is 4.87. The van der Waals surface area contributed by atoms with Gasteiger partial charge in [0.25, 0.3) is 0 Å². The SMILES string of the molecule is C[C@H]1CC[C@H](c2ccccc2)S(=O)(=O)N1Cc1cc(F)c([C@H]2COCC[C@@H]2C(=O)O)cc1F. The van der Waals surface area contributed by atoms with E-state index < -0.39 is 44.7 Å². The number of nitrogens with zero attached hydrogens (tertiary/aromatic N) is 1. The topological polar surface area (TPSA) is 83.9 Å². The number of carboxylic acids is 1. The number of aliphatic carboxylic acids is 1. The van der Waals surface area contributed by atoms with Crippen LogP contribution in [0.1, 0.15) is 54.0 Å². The molecule has 0 aliphatic carbocycles. The molecule has 4 rings (SSSR count). The highest BCUT2D eigenvalue weighted by Gasteiger charge is 2.41. The van der Waals surface area contributed by atoms with E-state index in [2.05, 4.69) is 0 Å². The molecule has 2 aliphatic rings. The summed E-state index contributed by atoms with van der Waals surface area (Å²) in [6.45, 7) is 1.71. The Morgan fingerprint density at radius 3 is 2.55 bits per heavy atom. The first-order valence-corrected chi connectivity index (χ1v) is 12.5. The Labute approximate surface area is 192 Å². The van der Waals surface area contributed by atoms with Crippen molar-refractivity contribution < 1.29 is 31.8 Å². The van der Waals surface area contributed by atoms with Gasteiger partial charge in [-0.2, -0.15) is 4.31 Å². The van der Waals surface area contributed by atoms with Crippen molar-refractivity contribution in [3.63, 3.8) is 0 Å². The molecule has 1 N–H and O–H groups in total. The summed E-state index contributed by atoms with van der Waals surface area (Å²) in [6.07, 6.45) is 1.27. The lowest BCUT2D eigenvalue weighted by atomic mass is 9.82. The molecule has 2 aromatic rings. The fraction of sp³-hybridized carbons (Fsp3) is 0.458. The molecule has 33 heavy (non-hydrogen) atoms. The standard InChI is InChI=1S/C24H27F2NO5S/c1-15-7-8-23(16-5-3-2-4-6-16)33(30,31)27(15)13-17-11-22(26)19(12-21(17)25)20-14-32-10-9-18(20)24(28)29/h2-6,11-12,15,18,20,23H,7-10,13-14H2,1H3,(H,28,29)/t15-,18-,20-,23+/m0/s1. The van der Waals surface area contributed by atoms with Gasteiger partial charge in [-0.1, -0.05) is 30.3 Å². The molecular weight excluding hydrogens is 452 g/mol. The van der Waals surface area contributed by atoms with Crippen LogP contribution >= 0.6 is 0 Å². The van der Waals surface area contributed by atoms with Crippen molar-refractivity contribution in [2.75, 3.05) is 13.2 Å². The van der Waals surface area contributed by atoms with Crippen LogP contribution in [-0.2, 0) is 26.1 Å². The van der Waals surface area contributed by atoms with Crippen LogP contribution in [-0.4, -0.2) is 43.1 Å². The molecule has 0 spiro atoms. The van der Waals surface area contributed by atoms with Gasteiger partial charge in [0.2, 0.25) is 10.0 Å². The lowest BCUT2D eigenvalue weighted by Crippen LogP contribution is -2.44. The highest BCUT2D eigenvalue weighted by Crippen LogP contribution is 2.39. The maximum absolute atomic E-state index is 15.1. The first-order valence-electron chi connectivity index (χ1n) is 11.0. The zero-order valence-electron chi connectivity index (χ0n) is 18.3. The van der Waals surface area contributed by atoms with Crippen LogP contribution < -0.4 is 0 Å². The monoisotopic (exact) mass is 479 g/mol. The third kappa shape index (κ3) is 4.67. The van der Waals surface area contributed by atoms with Crippen molar-refractivity contribution >= 4 is 16.0 Å². The van der Waals surface area contributed by atoms with Gasteiger partial charge in [-0.3, -0.25) is 4.79 Å². The van der Waals surface area contributed by atoms with Crippen LogP contribution in [0.2, 0.25) is 0 Å². The minimum Gasteiger partial charge on any atom is -0.481 e. The van der Waals surface area contributed by atoms with Crippen molar-refractivity contribution in [2.45, 2.75) is 49.9 Å². The Balaban J connectivity index is 1.63. The van der Waals surface area contributed by atoms with Crippen molar-refractivity contribution in [2.24, 2.45) is 5.92 Å². The van der Waals surface area contributed by atoms with E-state index in [4.69, 9.17) is 4.74 Å². The second-order valence-electron chi connectivity index (χ2n) is 8.80. The van der Waals surface area contributed by atoms with Gasteiger partial charge in [-0.25, -0.2) is 17.2 Å². The van der Waals surface area contributed by atoms with Gasteiger partial charge >= 0.3 is 5.97 Å². The maximum Gasteiger partial charge on any atom is 0.307 e. The van der Waals surface area contributed by atoms with Gasteiger partial charge in [-0.05, 0) is 49.4 Å². The molecule has 178 valence electrons. The number of hydrogen-bond donors (Lipinski definition) is 1. The largest absolute Gasteiger partial charge is 0.481 e. The van der Waals surface area contributed by atoms with E-state index in [-0.39, 0.29) is 43.3 Å². The second-order valence-corrected chi connectivity index (χ2v) is 10.9. The first-order chi connectivity index (χ1) is 15.7. The molecule has 0 amide bonds. The van der Waals surface area contributed by atoms with E-state index in [1.165, 1.54) is 4.31 Å². The van der Waals surface area contributed by atoms with Gasteiger partial charge < -0.3 is 9.84 Å². The summed E-state index contributed by atoms with van der Waals surface area (Å²) in [6, 6.07) is 10.5. The zero-order chi connectivity index (χ0) is 23.8. The predicted octanol–water partition coefficient (Wildman–Crippen LogP) is 4.22.